The summed E-state index contributed by atoms with van der Waals surface area (Å²) in [6.45, 7) is 4.27. The molecule has 0 aliphatic heterocycles. The molecule has 1 heterocycles. The highest BCUT2D eigenvalue weighted by atomic mass is 16.4. The minimum Gasteiger partial charge on any atom is -0.481 e. The Hall–Kier alpha value is -1.98. The summed E-state index contributed by atoms with van der Waals surface area (Å²) in [4.78, 5) is 24.0. The van der Waals surface area contributed by atoms with Crippen molar-refractivity contribution in [3.05, 3.63) is 24.2 Å². The van der Waals surface area contributed by atoms with Gasteiger partial charge in [-0.25, -0.2) is 4.79 Å². The van der Waals surface area contributed by atoms with Crippen LogP contribution in [0.1, 0.15) is 26.0 Å². The fraction of sp³-hybridized carbons (Fsp3) is 0.500. The first kappa shape index (κ1) is 14.1. The van der Waals surface area contributed by atoms with Crippen molar-refractivity contribution in [3.8, 4) is 0 Å². The van der Waals surface area contributed by atoms with E-state index >= 15 is 0 Å². The fourth-order valence-corrected chi connectivity index (χ4v) is 1.70. The summed E-state index contributed by atoms with van der Waals surface area (Å²) in [6.07, 6.45) is 1.47. The van der Waals surface area contributed by atoms with Crippen LogP contribution in [-0.4, -0.2) is 34.6 Å². The number of carboxylic acids is 1. The molecule has 0 saturated heterocycles. The Morgan fingerprint density at radius 3 is 2.78 bits per heavy atom. The number of hydrogen-bond acceptors (Lipinski definition) is 3. The van der Waals surface area contributed by atoms with E-state index < -0.39 is 5.97 Å². The fourth-order valence-electron chi connectivity index (χ4n) is 1.70. The van der Waals surface area contributed by atoms with E-state index in [-0.39, 0.29) is 18.5 Å². The van der Waals surface area contributed by atoms with Crippen molar-refractivity contribution in [2.45, 2.75) is 32.9 Å². The van der Waals surface area contributed by atoms with Gasteiger partial charge >= 0.3 is 12.0 Å². The normalized spacial score (nSPS) is 11.9. The summed E-state index contributed by atoms with van der Waals surface area (Å²) in [5.41, 5.74) is 0. The first-order valence-corrected chi connectivity index (χ1v) is 5.83. The predicted molar refractivity (Wildman–Crippen MR) is 65.0 cm³/mol. The third kappa shape index (κ3) is 4.12. The third-order valence-electron chi connectivity index (χ3n) is 2.60. The van der Waals surface area contributed by atoms with E-state index in [0.717, 1.165) is 0 Å². The van der Waals surface area contributed by atoms with E-state index in [1.807, 2.05) is 6.92 Å². The van der Waals surface area contributed by atoms with Crippen LogP contribution < -0.4 is 5.32 Å². The first-order valence-electron chi connectivity index (χ1n) is 5.83. The molecule has 18 heavy (non-hydrogen) atoms. The minimum atomic E-state index is -0.917. The summed E-state index contributed by atoms with van der Waals surface area (Å²) in [6, 6.07) is 2.87. The summed E-state index contributed by atoms with van der Waals surface area (Å²) in [7, 11) is 0. The van der Waals surface area contributed by atoms with E-state index in [4.69, 9.17) is 9.52 Å². The average Bonchev–Trinajstić information content (AvgIpc) is 2.79. The maximum atomic E-state index is 11.9. The van der Waals surface area contributed by atoms with Crippen molar-refractivity contribution in [1.82, 2.24) is 10.2 Å². The number of carbonyl (C=O) groups excluding carboxylic acids is 1. The van der Waals surface area contributed by atoms with Gasteiger partial charge in [0.2, 0.25) is 0 Å². The summed E-state index contributed by atoms with van der Waals surface area (Å²) in [5.74, 6) is -0.259. The quantitative estimate of drug-likeness (QED) is 0.809. The van der Waals surface area contributed by atoms with Crippen LogP contribution in [-0.2, 0) is 11.3 Å². The lowest BCUT2D eigenvalue weighted by molar-refractivity contribution is -0.138. The molecule has 100 valence electrons. The van der Waals surface area contributed by atoms with Crippen LogP contribution in [0.3, 0.4) is 0 Å². The Morgan fingerprint density at radius 1 is 1.56 bits per heavy atom. The molecular formula is C12H18N2O4. The molecule has 6 heteroatoms. The zero-order valence-electron chi connectivity index (χ0n) is 10.5. The van der Waals surface area contributed by atoms with Crippen molar-refractivity contribution in [2.75, 3.05) is 6.54 Å². The molecule has 0 aromatic carbocycles. The van der Waals surface area contributed by atoms with Crippen LogP contribution in [0, 0.1) is 0 Å². The minimum absolute atomic E-state index is 0.0674. The van der Waals surface area contributed by atoms with Gasteiger partial charge in [0.1, 0.15) is 5.76 Å². The van der Waals surface area contributed by atoms with Crippen LogP contribution in [0.15, 0.2) is 22.8 Å². The molecule has 0 radical (unpaired) electrons. The Bertz CT molecular complexity index is 389. The molecular weight excluding hydrogens is 236 g/mol. The number of carboxylic acid groups (broad SMARTS) is 1. The molecule has 6 nitrogen and oxygen atoms in total. The van der Waals surface area contributed by atoms with E-state index in [0.29, 0.717) is 18.8 Å². The van der Waals surface area contributed by atoms with Gasteiger partial charge in [-0.15, -0.1) is 0 Å². The number of nitrogens with one attached hydrogen (secondary N) is 1. The second-order valence-electron chi connectivity index (χ2n) is 3.97. The molecule has 1 unspecified atom stereocenters. The lowest BCUT2D eigenvalue weighted by Gasteiger charge is -2.27. The highest BCUT2D eigenvalue weighted by Gasteiger charge is 2.20. The number of rotatable bonds is 6. The SMILES string of the molecule is CCN(C(=O)NCc1ccco1)C(C)CC(=O)O. The van der Waals surface area contributed by atoms with Gasteiger partial charge in [-0.2, -0.15) is 0 Å². The van der Waals surface area contributed by atoms with Crippen molar-refractivity contribution in [3.63, 3.8) is 0 Å². The van der Waals surface area contributed by atoms with Gasteiger partial charge in [0.15, 0.2) is 0 Å². The van der Waals surface area contributed by atoms with Gasteiger partial charge in [0.25, 0.3) is 0 Å². The molecule has 1 aromatic heterocycles. The number of furan rings is 1. The first-order chi connectivity index (χ1) is 8.54. The smallest absolute Gasteiger partial charge is 0.318 e. The van der Waals surface area contributed by atoms with Crippen molar-refractivity contribution < 1.29 is 19.1 Å². The molecule has 0 saturated carbocycles. The number of amides is 2. The molecule has 1 aromatic rings. The molecule has 2 N–H and O–H groups in total. The number of urea groups is 1. The van der Waals surface area contributed by atoms with Crippen LogP contribution in [0.25, 0.3) is 0 Å². The molecule has 2 amide bonds. The van der Waals surface area contributed by atoms with Gasteiger partial charge in [-0.1, -0.05) is 0 Å². The van der Waals surface area contributed by atoms with Crippen molar-refractivity contribution >= 4 is 12.0 Å². The maximum absolute atomic E-state index is 11.9. The van der Waals surface area contributed by atoms with Gasteiger partial charge < -0.3 is 19.7 Å². The largest absolute Gasteiger partial charge is 0.481 e. The summed E-state index contributed by atoms with van der Waals surface area (Å²) < 4.78 is 5.09. The molecule has 0 bridgehead atoms. The second kappa shape index (κ2) is 6.68. The lowest BCUT2D eigenvalue weighted by atomic mass is 10.2. The van der Waals surface area contributed by atoms with Crippen molar-refractivity contribution in [2.24, 2.45) is 0 Å². The Kier molecular flexibility index (Phi) is 5.23. The molecule has 1 rings (SSSR count). The zero-order chi connectivity index (χ0) is 13.5. The lowest BCUT2D eigenvalue weighted by Crippen LogP contribution is -2.45. The zero-order valence-corrected chi connectivity index (χ0v) is 10.5. The molecule has 0 spiro atoms. The molecule has 0 aliphatic carbocycles. The average molecular weight is 254 g/mol. The molecule has 0 fully saturated rings. The number of aliphatic carboxylic acids is 1. The van der Waals surface area contributed by atoms with E-state index in [1.54, 1.807) is 19.1 Å². The van der Waals surface area contributed by atoms with Crippen LogP contribution in [0.4, 0.5) is 4.79 Å². The van der Waals surface area contributed by atoms with Gasteiger partial charge in [-0.05, 0) is 26.0 Å². The highest BCUT2D eigenvalue weighted by Crippen LogP contribution is 2.05. The number of carbonyl (C=O) groups is 2. The number of nitrogens with zero attached hydrogens (tertiary/aromatic N) is 1. The van der Waals surface area contributed by atoms with Crippen LogP contribution >= 0.6 is 0 Å². The van der Waals surface area contributed by atoms with Crippen LogP contribution in [0.5, 0.6) is 0 Å². The van der Waals surface area contributed by atoms with Gasteiger partial charge in [0.05, 0.1) is 19.2 Å². The van der Waals surface area contributed by atoms with E-state index in [2.05, 4.69) is 5.32 Å². The highest BCUT2D eigenvalue weighted by molar-refractivity contribution is 5.75. The Morgan fingerprint density at radius 2 is 2.28 bits per heavy atom. The Balaban J connectivity index is 2.48. The van der Waals surface area contributed by atoms with E-state index in [1.165, 1.54) is 11.2 Å². The van der Waals surface area contributed by atoms with Crippen molar-refractivity contribution in [1.29, 1.82) is 0 Å². The van der Waals surface area contributed by atoms with Gasteiger partial charge in [0, 0.05) is 12.6 Å². The topological polar surface area (TPSA) is 82.8 Å². The summed E-state index contributed by atoms with van der Waals surface area (Å²) >= 11 is 0. The number of hydrogen-bond donors (Lipinski definition) is 2. The molecule has 1 atom stereocenters. The molecule has 0 aliphatic rings. The Labute approximate surface area is 106 Å². The summed E-state index contributed by atoms with van der Waals surface area (Å²) in [5, 5.41) is 11.4. The standard InChI is InChI=1S/C12H18N2O4/c1-3-14(9(2)7-11(15)16)12(17)13-8-10-5-4-6-18-10/h4-6,9H,3,7-8H2,1-2H3,(H,13,17)(H,15,16). The predicted octanol–water partition coefficient (Wildman–Crippen LogP) is 1.67. The van der Waals surface area contributed by atoms with Crippen LogP contribution in [0.2, 0.25) is 0 Å². The maximum Gasteiger partial charge on any atom is 0.318 e. The second-order valence-corrected chi connectivity index (χ2v) is 3.97. The monoisotopic (exact) mass is 254 g/mol. The van der Waals surface area contributed by atoms with E-state index in [9.17, 15) is 9.59 Å². The third-order valence-corrected chi connectivity index (χ3v) is 2.60. The van der Waals surface area contributed by atoms with Gasteiger partial charge in [-0.3, -0.25) is 4.79 Å².